The summed E-state index contributed by atoms with van der Waals surface area (Å²) in [6.07, 6.45) is 5.61. The first kappa shape index (κ1) is 29.8. The topological polar surface area (TPSA) is 96.0 Å². The van der Waals surface area contributed by atoms with Crippen molar-refractivity contribution in [2.45, 2.75) is 71.0 Å². The summed E-state index contributed by atoms with van der Waals surface area (Å²) in [6.45, 7) is 3.88. The summed E-state index contributed by atoms with van der Waals surface area (Å²) < 4.78 is 31.7. The standard InChI is InChI=1S/C28H38ClN3O5S/c1-20-25(29)11-7-12-26(20)32(38(4,35)36)18-8-13-27(33)31(19-22-14-16-24(37-3)17-15-22)21(2)28(34)30-23-9-5-6-10-23/h7,11-12,14-17,21,23H,5-6,8-10,13,18-19H2,1-4H3,(H,30,34)/t21-/m0/s1. The van der Waals surface area contributed by atoms with Crippen LogP contribution in [0.3, 0.4) is 0 Å². The largest absolute Gasteiger partial charge is 0.497 e. The number of hydrogen-bond donors (Lipinski definition) is 1. The van der Waals surface area contributed by atoms with Crippen molar-refractivity contribution in [3.05, 3.63) is 58.6 Å². The molecular weight excluding hydrogens is 526 g/mol. The molecule has 2 amide bonds. The van der Waals surface area contributed by atoms with Crippen LogP contribution in [0, 0.1) is 6.92 Å². The SMILES string of the molecule is COc1ccc(CN(C(=O)CCCN(c2cccc(Cl)c2C)S(C)(=O)=O)[C@@H](C)C(=O)NC2CCCC2)cc1. The molecule has 10 heteroatoms. The number of anilines is 1. The van der Waals surface area contributed by atoms with Crippen molar-refractivity contribution in [1.82, 2.24) is 10.2 Å². The Morgan fingerprint density at radius 1 is 1.13 bits per heavy atom. The molecule has 208 valence electrons. The molecule has 0 heterocycles. The molecular formula is C28H38ClN3O5S. The predicted octanol–water partition coefficient (Wildman–Crippen LogP) is 4.68. The smallest absolute Gasteiger partial charge is 0.242 e. The fraction of sp³-hybridized carbons (Fsp3) is 0.500. The zero-order chi connectivity index (χ0) is 27.9. The number of benzene rings is 2. The van der Waals surface area contributed by atoms with E-state index in [1.165, 1.54) is 4.31 Å². The van der Waals surface area contributed by atoms with Gasteiger partial charge in [0, 0.05) is 30.6 Å². The molecule has 1 fully saturated rings. The third-order valence-corrected chi connectivity index (χ3v) is 8.63. The highest BCUT2D eigenvalue weighted by atomic mass is 35.5. The highest BCUT2D eigenvalue weighted by Gasteiger charge is 2.29. The normalized spacial score (nSPS) is 14.7. The third-order valence-electron chi connectivity index (χ3n) is 7.04. The molecule has 1 saturated carbocycles. The van der Waals surface area contributed by atoms with E-state index in [9.17, 15) is 18.0 Å². The van der Waals surface area contributed by atoms with Crippen molar-refractivity contribution in [3.63, 3.8) is 0 Å². The fourth-order valence-corrected chi connectivity index (χ4v) is 5.94. The van der Waals surface area contributed by atoms with Crippen LogP contribution < -0.4 is 14.4 Å². The maximum absolute atomic E-state index is 13.5. The molecule has 38 heavy (non-hydrogen) atoms. The van der Waals surface area contributed by atoms with Gasteiger partial charge in [-0.25, -0.2) is 8.42 Å². The van der Waals surface area contributed by atoms with Crippen molar-refractivity contribution >= 4 is 39.1 Å². The monoisotopic (exact) mass is 563 g/mol. The second kappa shape index (κ2) is 13.3. The number of hydrogen-bond acceptors (Lipinski definition) is 5. The third kappa shape index (κ3) is 7.86. The molecule has 1 aliphatic carbocycles. The first-order valence-corrected chi connectivity index (χ1v) is 15.2. The molecule has 0 bridgehead atoms. The molecule has 0 aliphatic heterocycles. The average molecular weight is 564 g/mol. The highest BCUT2D eigenvalue weighted by Crippen LogP contribution is 2.28. The van der Waals surface area contributed by atoms with Gasteiger partial charge in [-0.1, -0.05) is 42.6 Å². The summed E-state index contributed by atoms with van der Waals surface area (Å²) >= 11 is 6.23. The van der Waals surface area contributed by atoms with E-state index in [4.69, 9.17) is 16.3 Å². The Labute approximate surface area is 231 Å². The van der Waals surface area contributed by atoms with E-state index in [2.05, 4.69) is 5.32 Å². The van der Waals surface area contributed by atoms with Gasteiger partial charge >= 0.3 is 0 Å². The molecule has 0 aromatic heterocycles. The Morgan fingerprint density at radius 2 is 1.79 bits per heavy atom. The van der Waals surface area contributed by atoms with Crippen LogP contribution in [-0.2, 0) is 26.2 Å². The number of ether oxygens (including phenoxy) is 1. The number of carbonyl (C=O) groups excluding carboxylic acids is 2. The van der Waals surface area contributed by atoms with Gasteiger partial charge < -0.3 is 15.0 Å². The molecule has 0 saturated heterocycles. The number of halogens is 1. The van der Waals surface area contributed by atoms with Crippen LogP contribution in [0.1, 0.15) is 56.6 Å². The second-order valence-corrected chi connectivity index (χ2v) is 12.2. The Balaban J connectivity index is 1.74. The van der Waals surface area contributed by atoms with Crippen molar-refractivity contribution in [2.75, 3.05) is 24.2 Å². The Bertz CT molecular complexity index is 1210. The van der Waals surface area contributed by atoms with Gasteiger partial charge in [-0.2, -0.15) is 0 Å². The lowest BCUT2D eigenvalue weighted by molar-refractivity contribution is -0.141. The van der Waals surface area contributed by atoms with Gasteiger partial charge in [-0.15, -0.1) is 0 Å². The van der Waals surface area contributed by atoms with E-state index in [-0.39, 0.29) is 43.8 Å². The second-order valence-electron chi connectivity index (χ2n) is 9.86. The van der Waals surface area contributed by atoms with Crippen LogP contribution in [0.15, 0.2) is 42.5 Å². The molecule has 0 radical (unpaired) electrons. The lowest BCUT2D eigenvalue weighted by atomic mass is 10.1. The number of carbonyl (C=O) groups is 2. The van der Waals surface area contributed by atoms with E-state index in [1.807, 2.05) is 24.3 Å². The average Bonchev–Trinajstić information content (AvgIpc) is 3.39. The summed E-state index contributed by atoms with van der Waals surface area (Å²) in [5, 5.41) is 3.56. The summed E-state index contributed by atoms with van der Waals surface area (Å²) in [4.78, 5) is 28.1. The summed E-state index contributed by atoms with van der Waals surface area (Å²) in [5.74, 6) is 0.313. The minimum Gasteiger partial charge on any atom is -0.497 e. The van der Waals surface area contributed by atoms with Crippen LogP contribution in [0.4, 0.5) is 5.69 Å². The quantitative estimate of drug-likeness (QED) is 0.404. The summed E-state index contributed by atoms with van der Waals surface area (Å²) in [5.41, 5.74) is 2.02. The van der Waals surface area contributed by atoms with Gasteiger partial charge in [-0.05, 0) is 68.5 Å². The zero-order valence-corrected chi connectivity index (χ0v) is 24.1. The van der Waals surface area contributed by atoms with E-state index in [0.717, 1.165) is 37.5 Å². The van der Waals surface area contributed by atoms with Gasteiger partial charge in [0.25, 0.3) is 0 Å². The molecule has 2 aromatic rings. The Hall–Kier alpha value is -2.78. The van der Waals surface area contributed by atoms with Gasteiger partial charge in [0.05, 0.1) is 19.1 Å². The van der Waals surface area contributed by atoms with E-state index >= 15 is 0 Å². The number of amides is 2. The maximum atomic E-state index is 13.5. The van der Waals surface area contributed by atoms with Crippen molar-refractivity contribution < 1.29 is 22.7 Å². The molecule has 0 spiro atoms. The van der Waals surface area contributed by atoms with Gasteiger partial charge in [0.2, 0.25) is 21.8 Å². The minimum absolute atomic E-state index is 0.0861. The Kier molecular flexibility index (Phi) is 10.4. The molecule has 1 N–H and O–H groups in total. The molecule has 8 nitrogen and oxygen atoms in total. The van der Waals surface area contributed by atoms with Crippen molar-refractivity contribution in [2.24, 2.45) is 0 Å². The Morgan fingerprint density at radius 3 is 2.39 bits per heavy atom. The first-order chi connectivity index (χ1) is 18.0. The molecule has 1 aliphatic rings. The molecule has 1 atom stereocenters. The van der Waals surface area contributed by atoms with Crippen LogP contribution >= 0.6 is 11.6 Å². The number of methoxy groups -OCH3 is 1. The lowest BCUT2D eigenvalue weighted by Crippen LogP contribution is -2.49. The minimum atomic E-state index is -3.60. The number of rotatable bonds is 12. The number of nitrogens with zero attached hydrogens (tertiary/aromatic N) is 2. The van der Waals surface area contributed by atoms with Gasteiger partial charge in [-0.3, -0.25) is 13.9 Å². The van der Waals surface area contributed by atoms with E-state index in [0.29, 0.717) is 22.0 Å². The molecule has 3 rings (SSSR count). The molecule has 2 aromatic carbocycles. The predicted molar refractivity (Wildman–Crippen MR) is 151 cm³/mol. The first-order valence-electron chi connectivity index (χ1n) is 13.0. The van der Waals surface area contributed by atoms with Gasteiger partial charge in [0.1, 0.15) is 11.8 Å². The number of nitrogens with one attached hydrogen (secondary N) is 1. The van der Waals surface area contributed by atoms with Crippen LogP contribution in [0.25, 0.3) is 0 Å². The summed E-state index contributed by atoms with van der Waals surface area (Å²) in [6, 6.07) is 12.0. The fourth-order valence-electron chi connectivity index (χ4n) is 4.75. The van der Waals surface area contributed by atoms with Crippen LogP contribution in [0.2, 0.25) is 5.02 Å². The van der Waals surface area contributed by atoms with Crippen LogP contribution in [0.5, 0.6) is 5.75 Å². The van der Waals surface area contributed by atoms with Crippen LogP contribution in [-0.4, -0.2) is 57.1 Å². The van der Waals surface area contributed by atoms with E-state index in [1.54, 1.807) is 44.1 Å². The lowest BCUT2D eigenvalue weighted by Gasteiger charge is -2.30. The van der Waals surface area contributed by atoms with Crippen molar-refractivity contribution in [1.29, 1.82) is 0 Å². The van der Waals surface area contributed by atoms with E-state index < -0.39 is 16.1 Å². The highest BCUT2D eigenvalue weighted by molar-refractivity contribution is 7.92. The maximum Gasteiger partial charge on any atom is 0.242 e. The van der Waals surface area contributed by atoms with Gasteiger partial charge in [0.15, 0.2) is 0 Å². The molecule has 0 unspecified atom stereocenters. The van der Waals surface area contributed by atoms with Crippen molar-refractivity contribution in [3.8, 4) is 5.75 Å². The zero-order valence-electron chi connectivity index (χ0n) is 22.6. The summed E-state index contributed by atoms with van der Waals surface area (Å²) in [7, 11) is -2.01. The number of sulfonamides is 1.